The number of nitrogens with zero attached hydrogens (tertiary/aromatic N) is 2. The lowest BCUT2D eigenvalue weighted by Gasteiger charge is -2.31. The highest BCUT2D eigenvalue weighted by molar-refractivity contribution is 5.54. The Labute approximate surface area is 95.1 Å². The molecule has 1 aromatic rings. The number of aromatic nitrogens is 2. The van der Waals surface area contributed by atoms with Crippen molar-refractivity contribution in [3.63, 3.8) is 0 Å². The summed E-state index contributed by atoms with van der Waals surface area (Å²) in [4.78, 5) is 8.41. The summed E-state index contributed by atoms with van der Waals surface area (Å²) in [6.07, 6.45) is 1.65. The second-order valence-electron chi connectivity index (χ2n) is 4.50. The van der Waals surface area contributed by atoms with E-state index in [1.165, 1.54) is 0 Å². The fourth-order valence-corrected chi connectivity index (χ4v) is 1.93. The van der Waals surface area contributed by atoms with E-state index in [2.05, 4.69) is 15.3 Å². The van der Waals surface area contributed by atoms with E-state index in [4.69, 9.17) is 5.73 Å². The van der Waals surface area contributed by atoms with Gasteiger partial charge in [0.25, 0.3) is 0 Å². The smallest absolute Gasteiger partial charge is 0.134 e. The van der Waals surface area contributed by atoms with Crippen molar-refractivity contribution in [3.05, 3.63) is 11.4 Å². The first kappa shape index (κ1) is 11.1. The van der Waals surface area contributed by atoms with Gasteiger partial charge < -0.3 is 16.2 Å². The maximum absolute atomic E-state index is 9.18. The third kappa shape index (κ3) is 2.24. The van der Waals surface area contributed by atoms with E-state index in [0.29, 0.717) is 17.6 Å². The van der Waals surface area contributed by atoms with Crippen LogP contribution in [0.4, 0.5) is 11.6 Å². The quantitative estimate of drug-likeness (QED) is 0.706. The lowest BCUT2D eigenvalue weighted by atomic mass is 9.82. The number of nitrogen functional groups attached to an aromatic ring is 1. The summed E-state index contributed by atoms with van der Waals surface area (Å²) in [6, 6.07) is 0. The molecule has 0 atom stereocenters. The summed E-state index contributed by atoms with van der Waals surface area (Å²) in [5.74, 6) is 2.57. The van der Waals surface area contributed by atoms with Crippen molar-refractivity contribution in [1.82, 2.24) is 9.97 Å². The molecule has 0 aliphatic heterocycles. The Hall–Kier alpha value is -1.36. The maximum Gasteiger partial charge on any atom is 0.134 e. The Kier molecular flexibility index (Phi) is 2.96. The van der Waals surface area contributed by atoms with Gasteiger partial charge in [-0.1, -0.05) is 0 Å². The molecule has 1 aliphatic rings. The first-order chi connectivity index (χ1) is 7.56. The van der Waals surface area contributed by atoms with Gasteiger partial charge in [-0.05, 0) is 32.6 Å². The molecule has 88 valence electrons. The molecule has 4 N–H and O–H groups in total. The normalized spacial score (nSPS) is 23.9. The lowest BCUT2D eigenvalue weighted by Crippen LogP contribution is -2.33. The van der Waals surface area contributed by atoms with Gasteiger partial charge in [-0.25, -0.2) is 9.97 Å². The van der Waals surface area contributed by atoms with Crippen LogP contribution in [0.3, 0.4) is 0 Å². The Balaban J connectivity index is 1.98. The minimum Gasteiger partial charge on any atom is -0.393 e. The van der Waals surface area contributed by atoms with Crippen LogP contribution in [0.2, 0.25) is 0 Å². The largest absolute Gasteiger partial charge is 0.393 e. The van der Waals surface area contributed by atoms with Crippen LogP contribution in [0, 0.1) is 19.8 Å². The predicted octanol–water partition coefficient (Wildman–Crippen LogP) is 0.858. The highest BCUT2D eigenvalue weighted by Crippen LogP contribution is 2.27. The van der Waals surface area contributed by atoms with E-state index in [-0.39, 0.29) is 6.10 Å². The van der Waals surface area contributed by atoms with E-state index in [9.17, 15) is 5.11 Å². The van der Waals surface area contributed by atoms with Gasteiger partial charge in [0, 0.05) is 12.1 Å². The van der Waals surface area contributed by atoms with Crippen molar-refractivity contribution in [2.75, 3.05) is 17.6 Å². The summed E-state index contributed by atoms with van der Waals surface area (Å²) in [6.45, 7) is 4.58. The molecule has 1 fully saturated rings. The molecule has 0 aromatic carbocycles. The molecule has 0 bridgehead atoms. The number of hydrogen-bond acceptors (Lipinski definition) is 5. The molecule has 1 saturated carbocycles. The van der Waals surface area contributed by atoms with Crippen LogP contribution >= 0.6 is 0 Å². The Morgan fingerprint density at radius 2 is 2.06 bits per heavy atom. The number of aryl methyl sites for hydroxylation is 1. The molecule has 5 heteroatoms. The van der Waals surface area contributed by atoms with Gasteiger partial charge in [-0.3, -0.25) is 0 Å². The summed E-state index contributed by atoms with van der Waals surface area (Å²) in [5, 5.41) is 12.5. The molecule has 0 spiro atoms. The van der Waals surface area contributed by atoms with Gasteiger partial charge >= 0.3 is 0 Å². The van der Waals surface area contributed by atoms with E-state index in [1.54, 1.807) is 0 Å². The molecule has 1 aromatic heterocycles. The highest BCUT2D eigenvalue weighted by Gasteiger charge is 2.26. The number of nitrogens with one attached hydrogen (secondary N) is 1. The first-order valence-electron chi connectivity index (χ1n) is 5.59. The topological polar surface area (TPSA) is 84.1 Å². The Morgan fingerprint density at radius 1 is 1.38 bits per heavy atom. The zero-order valence-corrected chi connectivity index (χ0v) is 9.70. The molecule has 1 heterocycles. The van der Waals surface area contributed by atoms with Crippen LogP contribution in [-0.2, 0) is 0 Å². The minimum absolute atomic E-state index is 0.106. The fraction of sp³-hybridized carbons (Fsp3) is 0.636. The van der Waals surface area contributed by atoms with Gasteiger partial charge in [0.2, 0.25) is 0 Å². The van der Waals surface area contributed by atoms with Gasteiger partial charge in [-0.15, -0.1) is 0 Å². The molecule has 2 rings (SSSR count). The number of hydrogen-bond donors (Lipinski definition) is 3. The highest BCUT2D eigenvalue weighted by atomic mass is 16.3. The van der Waals surface area contributed by atoms with Crippen molar-refractivity contribution < 1.29 is 5.11 Å². The maximum atomic E-state index is 9.18. The molecule has 5 nitrogen and oxygen atoms in total. The zero-order valence-electron chi connectivity index (χ0n) is 9.70. The minimum atomic E-state index is -0.106. The SMILES string of the molecule is Cc1nc(N)c(C)c(NCC2CC(O)C2)n1. The number of aliphatic hydroxyl groups excluding tert-OH is 1. The number of aliphatic hydroxyl groups is 1. The van der Waals surface area contributed by atoms with Crippen LogP contribution in [0.15, 0.2) is 0 Å². The van der Waals surface area contributed by atoms with E-state index in [1.807, 2.05) is 13.8 Å². The van der Waals surface area contributed by atoms with Crippen molar-refractivity contribution >= 4 is 11.6 Å². The summed E-state index contributed by atoms with van der Waals surface area (Å²) in [5.41, 5.74) is 6.66. The Bertz CT molecular complexity index is 388. The van der Waals surface area contributed by atoms with Crippen LogP contribution in [0.25, 0.3) is 0 Å². The van der Waals surface area contributed by atoms with E-state index in [0.717, 1.165) is 30.8 Å². The number of rotatable bonds is 3. The molecule has 0 radical (unpaired) electrons. The third-order valence-electron chi connectivity index (χ3n) is 3.06. The number of anilines is 2. The van der Waals surface area contributed by atoms with Crippen LogP contribution in [0.1, 0.15) is 24.2 Å². The molecule has 0 unspecified atom stereocenters. The first-order valence-corrected chi connectivity index (χ1v) is 5.59. The van der Waals surface area contributed by atoms with Crippen molar-refractivity contribution in [2.24, 2.45) is 5.92 Å². The molecule has 16 heavy (non-hydrogen) atoms. The Morgan fingerprint density at radius 3 is 2.69 bits per heavy atom. The second kappa shape index (κ2) is 4.25. The van der Waals surface area contributed by atoms with Gasteiger partial charge in [0.1, 0.15) is 17.5 Å². The van der Waals surface area contributed by atoms with Crippen LogP contribution in [0.5, 0.6) is 0 Å². The monoisotopic (exact) mass is 222 g/mol. The molecule has 0 amide bonds. The zero-order chi connectivity index (χ0) is 11.7. The van der Waals surface area contributed by atoms with Gasteiger partial charge in [0.15, 0.2) is 0 Å². The van der Waals surface area contributed by atoms with Crippen molar-refractivity contribution in [3.8, 4) is 0 Å². The summed E-state index contributed by atoms with van der Waals surface area (Å²) >= 11 is 0. The van der Waals surface area contributed by atoms with Gasteiger partial charge in [0.05, 0.1) is 6.10 Å². The molecule has 0 saturated heterocycles. The van der Waals surface area contributed by atoms with E-state index < -0.39 is 0 Å². The molecular weight excluding hydrogens is 204 g/mol. The van der Waals surface area contributed by atoms with Crippen molar-refractivity contribution in [2.45, 2.75) is 32.8 Å². The summed E-state index contributed by atoms with van der Waals surface area (Å²) in [7, 11) is 0. The average molecular weight is 222 g/mol. The van der Waals surface area contributed by atoms with Crippen LogP contribution < -0.4 is 11.1 Å². The lowest BCUT2D eigenvalue weighted by molar-refractivity contribution is 0.0486. The fourth-order valence-electron chi connectivity index (χ4n) is 1.93. The van der Waals surface area contributed by atoms with E-state index >= 15 is 0 Å². The standard InChI is InChI=1S/C11H18N4O/c1-6-10(12)14-7(2)15-11(6)13-5-8-3-9(16)4-8/h8-9,16H,3-5H2,1-2H3,(H3,12,13,14,15). The third-order valence-corrected chi connectivity index (χ3v) is 3.06. The number of nitrogens with two attached hydrogens (primary N) is 1. The second-order valence-corrected chi connectivity index (χ2v) is 4.50. The molecular formula is C11H18N4O. The predicted molar refractivity (Wildman–Crippen MR) is 63.1 cm³/mol. The average Bonchev–Trinajstić information content (AvgIpc) is 2.17. The molecule has 1 aliphatic carbocycles. The van der Waals surface area contributed by atoms with Crippen molar-refractivity contribution in [1.29, 1.82) is 0 Å². The van der Waals surface area contributed by atoms with Crippen LogP contribution in [-0.4, -0.2) is 27.7 Å². The summed E-state index contributed by atoms with van der Waals surface area (Å²) < 4.78 is 0. The van der Waals surface area contributed by atoms with Gasteiger partial charge in [-0.2, -0.15) is 0 Å².